The van der Waals surface area contributed by atoms with Gasteiger partial charge in [-0.3, -0.25) is 0 Å². The molecule has 1 aromatic carbocycles. The molecule has 1 N–H and O–H groups in total. The molecule has 1 unspecified atom stereocenters. The summed E-state index contributed by atoms with van der Waals surface area (Å²) in [6.07, 6.45) is -1.12. The minimum Gasteiger partial charge on any atom is -0.373 e. The maximum absolute atomic E-state index is 12.4. The van der Waals surface area contributed by atoms with Crippen molar-refractivity contribution < 1.29 is 13.5 Å². The number of aliphatic hydroxyl groups is 1. The van der Waals surface area contributed by atoms with E-state index in [2.05, 4.69) is 15.9 Å². The Morgan fingerprint density at radius 2 is 1.94 bits per heavy atom. The Morgan fingerprint density at radius 1 is 1.35 bits per heavy atom. The van der Waals surface area contributed by atoms with Crippen LogP contribution in [-0.2, 0) is 10.0 Å². The first-order valence-corrected chi connectivity index (χ1v) is 7.41. The molecule has 1 aromatic rings. The van der Waals surface area contributed by atoms with Crippen molar-refractivity contribution in [2.24, 2.45) is 0 Å². The third-order valence-corrected chi connectivity index (χ3v) is 5.84. The lowest BCUT2D eigenvalue weighted by molar-refractivity contribution is 0.0207. The summed E-state index contributed by atoms with van der Waals surface area (Å²) < 4.78 is 26.4. The van der Waals surface area contributed by atoms with Crippen LogP contribution in [0.1, 0.15) is 32.6 Å². The molecule has 0 fully saturated rings. The van der Waals surface area contributed by atoms with Crippen molar-refractivity contribution in [2.45, 2.75) is 37.4 Å². The number of benzene rings is 1. The highest BCUT2D eigenvalue weighted by atomic mass is 79.9. The zero-order chi connectivity index (χ0) is 13.0. The topological polar surface area (TPSA) is 57.6 Å². The molecule has 1 aliphatic rings. The molecule has 6 heteroatoms. The van der Waals surface area contributed by atoms with Crippen LogP contribution in [0.4, 0.5) is 0 Å². The van der Waals surface area contributed by atoms with Crippen LogP contribution in [0.15, 0.2) is 27.6 Å². The summed E-state index contributed by atoms with van der Waals surface area (Å²) in [6.45, 7) is 5.27. The number of hydrogen-bond acceptors (Lipinski definition) is 3. The van der Waals surface area contributed by atoms with E-state index in [9.17, 15) is 13.5 Å². The van der Waals surface area contributed by atoms with Gasteiger partial charge < -0.3 is 5.11 Å². The van der Waals surface area contributed by atoms with Crippen molar-refractivity contribution in [1.82, 2.24) is 4.31 Å². The van der Waals surface area contributed by atoms with Gasteiger partial charge in [0, 0.05) is 15.6 Å². The highest BCUT2D eigenvalue weighted by molar-refractivity contribution is 9.10. The van der Waals surface area contributed by atoms with E-state index in [1.54, 1.807) is 39.0 Å². The molecule has 1 atom stereocenters. The standard InChI is InChI=1S/C11H14BrNO3S/c1-11(2,3)13-10(14)7-5-4-6-8(12)9(7)17(13,15)16/h4-6,10,14H,1-3H3. The summed E-state index contributed by atoms with van der Waals surface area (Å²) in [6, 6.07) is 5.01. The van der Waals surface area contributed by atoms with E-state index >= 15 is 0 Å². The molecule has 0 saturated heterocycles. The third-order valence-electron chi connectivity index (χ3n) is 2.68. The summed E-state index contributed by atoms with van der Waals surface area (Å²) in [4.78, 5) is 0.169. The molecule has 0 spiro atoms. The Bertz CT molecular complexity index is 563. The Hall–Kier alpha value is -0.430. The average molecular weight is 320 g/mol. The van der Waals surface area contributed by atoms with Gasteiger partial charge in [-0.2, -0.15) is 4.31 Å². The molecule has 0 aliphatic carbocycles. The van der Waals surface area contributed by atoms with Crippen molar-refractivity contribution in [1.29, 1.82) is 0 Å². The molecule has 0 amide bonds. The van der Waals surface area contributed by atoms with Gasteiger partial charge in [-0.1, -0.05) is 12.1 Å². The fraction of sp³-hybridized carbons (Fsp3) is 0.455. The molecule has 1 aliphatic heterocycles. The van der Waals surface area contributed by atoms with E-state index in [4.69, 9.17) is 0 Å². The molecule has 4 nitrogen and oxygen atoms in total. The van der Waals surface area contributed by atoms with Crippen LogP contribution < -0.4 is 0 Å². The molecule has 0 radical (unpaired) electrons. The number of aliphatic hydroxyl groups excluding tert-OH is 1. The van der Waals surface area contributed by atoms with Gasteiger partial charge in [0.1, 0.15) is 11.1 Å². The van der Waals surface area contributed by atoms with Crippen molar-refractivity contribution in [2.75, 3.05) is 0 Å². The first kappa shape index (κ1) is 13.0. The van der Waals surface area contributed by atoms with Crippen LogP contribution in [0.5, 0.6) is 0 Å². The molecule has 1 heterocycles. The zero-order valence-electron chi connectivity index (χ0n) is 9.81. The van der Waals surface area contributed by atoms with E-state index in [0.29, 0.717) is 10.0 Å². The largest absolute Gasteiger partial charge is 0.373 e. The molecule has 0 saturated carbocycles. The lowest BCUT2D eigenvalue weighted by Crippen LogP contribution is -2.43. The van der Waals surface area contributed by atoms with Gasteiger partial charge in [0.05, 0.1) is 0 Å². The van der Waals surface area contributed by atoms with Gasteiger partial charge in [-0.15, -0.1) is 0 Å². The van der Waals surface area contributed by atoms with E-state index in [1.165, 1.54) is 0 Å². The summed E-state index contributed by atoms with van der Waals surface area (Å²) in [5.41, 5.74) is -0.245. The smallest absolute Gasteiger partial charge is 0.247 e. The van der Waals surface area contributed by atoms with Gasteiger partial charge in [0.25, 0.3) is 0 Å². The molecule has 0 aromatic heterocycles. The normalized spacial score (nSPS) is 23.7. The minimum atomic E-state index is -3.65. The second-order valence-electron chi connectivity index (χ2n) is 5.00. The monoisotopic (exact) mass is 319 g/mol. The summed E-state index contributed by atoms with van der Waals surface area (Å²) >= 11 is 3.23. The average Bonchev–Trinajstić information content (AvgIpc) is 2.34. The van der Waals surface area contributed by atoms with Gasteiger partial charge in [0.15, 0.2) is 0 Å². The first-order chi connectivity index (χ1) is 7.67. The number of halogens is 1. The summed E-state index contributed by atoms with van der Waals surface area (Å²) in [7, 11) is -3.65. The van der Waals surface area contributed by atoms with Crippen LogP contribution in [0, 0.1) is 0 Å². The van der Waals surface area contributed by atoms with E-state index < -0.39 is 21.8 Å². The van der Waals surface area contributed by atoms with Crippen molar-refractivity contribution in [3.63, 3.8) is 0 Å². The number of fused-ring (bicyclic) bond motifs is 1. The fourth-order valence-electron chi connectivity index (χ4n) is 2.08. The first-order valence-electron chi connectivity index (χ1n) is 5.18. The Labute approximate surface area is 109 Å². The number of rotatable bonds is 0. The van der Waals surface area contributed by atoms with Crippen LogP contribution >= 0.6 is 15.9 Å². The van der Waals surface area contributed by atoms with Gasteiger partial charge >= 0.3 is 0 Å². The molecular formula is C11H14BrNO3S. The van der Waals surface area contributed by atoms with Crippen molar-refractivity contribution in [3.8, 4) is 0 Å². The third kappa shape index (κ3) is 1.83. The zero-order valence-corrected chi connectivity index (χ0v) is 12.2. The lowest BCUT2D eigenvalue weighted by Gasteiger charge is -2.32. The number of nitrogens with zero attached hydrogens (tertiary/aromatic N) is 1. The minimum absolute atomic E-state index is 0.169. The number of hydrogen-bond donors (Lipinski definition) is 1. The second-order valence-corrected chi connectivity index (χ2v) is 7.61. The predicted octanol–water partition coefficient (Wildman–Crippen LogP) is 2.24. The van der Waals surface area contributed by atoms with Crippen LogP contribution in [0.3, 0.4) is 0 Å². The van der Waals surface area contributed by atoms with Crippen molar-refractivity contribution in [3.05, 3.63) is 28.2 Å². The highest BCUT2D eigenvalue weighted by Gasteiger charge is 2.48. The van der Waals surface area contributed by atoms with Crippen LogP contribution in [0.2, 0.25) is 0 Å². The lowest BCUT2D eigenvalue weighted by atomic mass is 10.1. The molecular weight excluding hydrogens is 306 g/mol. The van der Waals surface area contributed by atoms with E-state index in [-0.39, 0.29) is 4.90 Å². The Balaban J connectivity index is 2.74. The fourth-order valence-corrected chi connectivity index (χ4v) is 5.16. The van der Waals surface area contributed by atoms with Crippen LogP contribution in [0.25, 0.3) is 0 Å². The number of sulfonamides is 1. The van der Waals surface area contributed by atoms with Gasteiger partial charge in [0.2, 0.25) is 10.0 Å². The Kier molecular flexibility index (Phi) is 2.89. The van der Waals surface area contributed by atoms with Crippen molar-refractivity contribution >= 4 is 26.0 Å². The molecule has 94 valence electrons. The predicted molar refractivity (Wildman–Crippen MR) is 67.9 cm³/mol. The Morgan fingerprint density at radius 3 is 2.41 bits per heavy atom. The summed E-state index contributed by atoms with van der Waals surface area (Å²) in [5, 5.41) is 10.2. The molecule has 17 heavy (non-hydrogen) atoms. The molecule has 2 rings (SSSR count). The second kappa shape index (κ2) is 3.78. The van der Waals surface area contributed by atoms with Gasteiger partial charge in [-0.25, -0.2) is 8.42 Å². The van der Waals surface area contributed by atoms with E-state index in [0.717, 1.165) is 4.31 Å². The molecule has 0 bridgehead atoms. The van der Waals surface area contributed by atoms with Gasteiger partial charge in [-0.05, 0) is 42.8 Å². The van der Waals surface area contributed by atoms with E-state index in [1.807, 2.05) is 0 Å². The SMILES string of the molecule is CC(C)(C)N1C(O)c2cccc(Br)c2S1(=O)=O. The maximum Gasteiger partial charge on any atom is 0.247 e. The summed E-state index contributed by atoms with van der Waals surface area (Å²) in [5.74, 6) is 0. The maximum atomic E-state index is 12.4. The quantitative estimate of drug-likeness (QED) is 0.798. The van der Waals surface area contributed by atoms with Crippen LogP contribution in [-0.4, -0.2) is 23.4 Å². The highest BCUT2D eigenvalue weighted by Crippen LogP contribution is 2.45.